The molecule has 1 fully saturated rings. The van der Waals surface area contributed by atoms with Crippen LogP contribution in [0.15, 0.2) is 48.5 Å². The molecule has 2 aromatic carbocycles. The molecule has 2 aromatic rings. The van der Waals surface area contributed by atoms with E-state index in [0.717, 1.165) is 23.0 Å². The van der Waals surface area contributed by atoms with Crippen molar-refractivity contribution in [1.82, 2.24) is 0 Å². The maximum Gasteiger partial charge on any atom is 0.184 e. The van der Waals surface area contributed by atoms with Crippen molar-refractivity contribution in [2.24, 2.45) is 0 Å². The number of benzene rings is 2. The molecule has 0 bridgehead atoms. The molecule has 0 spiro atoms. The van der Waals surface area contributed by atoms with Crippen molar-refractivity contribution in [1.29, 1.82) is 0 Å². The molecule has 96 valence electrons. The highest BCUT2D eigenvalue weighted by molar-refractivity contribution is 5.78. The maximum absolute atomic E-state index is 10.8. The first-order valence-corrected chi connectivity index (χ1v) is 6.25. The fourth-order valence-corrected chi connectivity index (χ4v) is 2.21. The molecule has 1 saturated heterocycles. The van der Waals surface area contributed by atoms with Crippen LogP contribution in [0.5, 0.6) is 0 Å². The monoisotopic (exact) mass is 254 g/mol. The lowest BCUT2D eigenvalue weighted by Gasteiger charge is -2.11. The summed E-state index contributed by atoms with van der Waals surface area (Å²) in [6, 6.07) is 15.6. The zero-order valence-electron chi connectivity index (χ0n) is 10.4. The summed E-state index contributed by atoms with van der Waals surface area (Å²) in [5.41, 5.74) is 3.76. The van der Waals surface area contributed by atoms with E-state index in [1.54, 1.807) is 6.07 Å². The highest BCUT2D eigenvalue weighted by Gasteiger charge is 2.18. The number of hydrogen-bond donors (Lipinski definition) is 0. The van der Waals surface area contributed by atoms with Crippen LogP contribution in [0.25, 0.3) is 11.1 Å². The molecule has 0 unspecified atom stereocenters. The summed E-state index contributed by atoms with van der Waals surface area (Å²) in [4.78, 5) is 10.8. The standard InChI is InChI=1S/C16H14O3/c17-11-12-3-1-4-13(9-12)14-5-2-6-15(10-14)16-18-7-8-19-16/h1-6,9-11,16H,7-8H2. The molecule has 3 nitrogen and oxygen atoms in total. The van der Waals surface area contributed by atoms with Gasteiger partial charge in [-0.15, -0.1) is 0 Å². The Balaban J connectivity index is 1.95. The van der Waals surface area contributed by atoms with Crippen molar-refractivity contribution in [3.05, 3.63) is 59.7 Å². The average Bonchev–Trinajstić information content (AvgIpc) is 3.02. The predicted molar refractivity (Wildman–Crippen MR) is 71.9 cm³/mol. The number of hydrogen-bond acceptors (Lipinski definition) is 3. The molecular weight excluding hydrogens is 240 g/mol. The Morgan fingerprint density at radius 3 is 2.37 bits per heavy atom. The van der Waals surface area contributed by atoms with Crippen molar-refractivity contribution >= 4 is 6.29 Å². The van der Waals surface area contributed by atoms with E-state index in [-0.39, 0.29) is 6.29 Å². The molecule has 0 N–H and O–H groups in total. The molecular formula is C16H14O3. The zero-order valence-corrected chi connectivity index (χ0v) is 10.4. The molecule has 1 aliphatic heterocycles. The van der Waals surface area contributed by atoms with Crippen LogP contribution in [0.1, 0.15) is 22.2 Å². The van der Waals surface area contributed by atoms with E-state index in [1.165, 1.54) is 0 Å². The number of rotatable bonds is 3. The minimum atomic E-state index is -0.269. The third-order valence-electron chi connectivity index (χ3n) is 3.14. The summed E-state index contributed by atoms with van der Waals surface area (Å²) < 4.78 is 11.0. The first kappa shape index (κ1) is 12.1. The van der Waals surface area contributed by atoms with E-state index in [1.807, 2.05) is 42.5 Å². The number of carbonyl (C=O) groups excluding carboxylic acids is 1. The van der Waals surface area contributed by atoms with Gasteiger partial charge >= 0.3 is 0 Å². The summed E-state index contributed by atoms with van der Waals surface area (Å²) in [5.74, 6) is 0. The highest BCUT2D eigenvalue weighted by Crippen LogP contribution is 2.28. The number of carbonyl (C=O) groups is 1. The molecule has 0 radical (unpaired) electrons. The minimum Gasteiger partial charge on any atom is -0.346 e. The fourth-order valence-electron chi connectivity index (χ4n) is 2.21. The Labute approximate surface area is 111 Å². The van der Waals surface area contributed by atoms with E-state index in [0.29, 0.717) is 18.8 Å². The van der Waals surface area contributed by atoms with Gasteiger partial charge in [0.15, 0.2) is 6.29 Å². The van der Waals surface area contributed by atoms with Crippen LogP contribution in [0.4, 0.5) is 0 Å². The Kier molecular flexibility index (Phi) is 3.40. The Morgan fingerprint density at radius 2 is 1.63 bits per heavy atom. The van der Waals surface area contributed by atoms with Crippen LogP contribution >= 0.6 is 0 Å². The van der Waals surface area contributed by atoms with E-state index in [4.69, 9.17) is 9.47 Å². The van der Waals surface area contributed by atoms with E-state index in [9.17, 15) is 4.79 Å². The van der Waals surface area contributed by atoms with Crippen molar-refractivity contribution in [2.45, 2.75) is 6.29 Å². The molecule has 0 amide bonds. The van der Waals surface area contributed by atoms with Gasteiger partial charge in [-0.1, -0.05) is 36.4 Å². The van der Waals surface area contributed by atoms with Gasteiger partial charge in [-0.3, -0.25) is 4.79 Å². The smallest absolute Gasteiger partial charge is 0.184 e. The van der Waals surface area contributed by atoms with Crippen molar-refractivity contribution in [3.63, 3.8) is 0 Å². The van der Waals surface area contributed by atoms with Crippen LogP contribution in [0.2, 0.25) is 0 Å². The quantitative estimate of drug-likeness (QED) is 0.789. The molecule has 3 rings (SSSR count). The third kappa shape index (κ3) is 2.57. The summed E-state index contributed by atoms with van der Waals surface area (Å²) in [5, 5.41) is 0. The van der Waals surface area contributed by atoms with E-state index < -0.39 is 0 Å². The van der Waals surface area contributed by atoms with Crippen molar-refractivity contribution < 1.29 is 14.3 Å². The van der Waals surface area contributed by atoms with Gasteiger partial charge in [-0.25, -0.2) is 0 Å². The first-order chi connectivity index (χ1) is 9.36. The van der Waals surface area contributed by atoms with E-state index >= 15 is 0 Å². The lowest BCUT2D eigenvalue weighted by molar-refractivity contribution is -0.0440. The topological polar surface area (TPSA) is 35.5 Å². The summed E-state index contributed by atoms with van der Waals surface area (Å²) in [7, 11) is 0. The lowest BCUT2D eigenvalue weighted by atomic mass is 10.0. The predicted octanol–water partition coefficient (Wildman–Crippen LogP) is 3.21. The molecule has 1 heterocycles. The molecule has 1 aliphatic rings. The van der Waals surface area contributed by atoms with Crippen LogP contribution in [-0.4, -0.2) is 19.5 Å². The SMILES string of the molecule is O=Cc1cccc(-c2cccc(C3OCCO3)c2)c1. The normalized spacial score (nSPS) is 15.6. The fraction of sp³-hybridized carbons (Fsp3) is 0.188. The molecule has 3 heteroatoms. The summed E-state index contributed by atoms with van der Waals surface area (Å²) in [6.07, 6.45) is 0.588. The van der Waals surface area contributed by atoms with E-state index in [2.05, 4.69) is 0 Å². The second-order valence-electron chi connectivity index (χ2n) is 4.44. The van der Waals surface area contributed by atoms with Gasteiger partial charge < -0.3 is 9.47 Å². The van der Waals surface area contributed by atoms with Gasteiger partial charge in [0, 0.05) is 11.1 Å². The third-order valence-corrected chi connectivity index (χ3v) is 3.14. The average molecular weight is 254 g/mol. The second kappa shape index (κ2) is 5.34. The summed E-state index contributed by atoms with van der Waals surface area (Å²) >= 11 is 0. The van der Waals surface area contributed by atoms with Crippen LogP contribution in [0, 0.1) is 0 Å². The van der Waals surface area contributed by atoms with Gasteiger partial charge in [-0.2, -0.15) is 0 Å². The Bertz CT molecular complexity index is 586. The van der Waals surface area contributed by atoms with Crippen LogP contribution < -0.4 is 0 Å². The van der Waals surface area contributed by atoms with Gasteiger partial charge in [0.1, 0.15) is 6.29 Å². The summed E-state index contributed by atoms with van der Waals surface area (Å²) in [6.45, 7) is 1.27. The Hall–Kier alpha value is -1.97. The number of aldehydes is 1. The van der Waals surface area contributed by atoms with Gasteiger partial charge in [-0.05, 0) is 23.3 Å². The Morgan fingerprint density at radius 1 is 0.947 bits per heavy atom. The molecule has 19 heavy (non-hydrogen) atoms. The second-order valence-corrected chi connectivity index (χ2v) is 4.44. The highest BCUT2D eigenvalue weighted by atomic mass is 16.7. The van der Waals surface area contributed by atoms with Crippen molar-refractivity contribution in [2.75, 3.05) is 13.2 Å². The largest absolute Gasteiger partial charge is 0.346 e. The maximum atomic E-state index is 10.8. The molecule has 0 atom stereocenters. The zero-order chi connectivity index (χ0) is 13.1. The molecule has 0 aliphatic carbocycles. The van der Waals surface area contributed by atoms with Gasteiger partial charge in [0.05, 0.1) is 13.2 Å². The van der Waals surface area contributed by atoms with Gasteiger partial charge in [0.2, 0.25) is 0 Å². The molecule has 0 aromatic heterocycles. The van der Waals surface area contributed by atoms with Gasteiger partial charge in [0.25, 0.3) is 0 Å². The first-order valence-electron chi connectivity index (χ1n) is 6.25. The van der Waals surface area contributed by atoms with Crippen LogP contribution in [0.3, 0.4) is 0 Å². The minimum absolute atomic E-state index is 0.269. The van der Waals surface area contributed by atoms with Crippen LogP contribution in [-0.2, 0) is 9.47 Å². The van der Waals surface area contributed by atoms with Crippen molar-refractivity contribution in [3.8, 4) is 11.1 Å². The number of ether oxygens (including phenoxy) is 2. The lowest BCUT2D eigenvalue weighted by Crippen LogP contribution is -1.97. The molecule has 0 saturated carbocycles.